The van der Waals surface area contributed by atoms with Crippen LogP contribution < -0.4 is 10.1 Å². The number of hydrogen-bond donors (Lipinski definition) is 1. The van der Waals surface area contributed by atoms with Crippen LogP contribution in [0.25, 0.3) is 0 Å². The molecule has 1 aliphatic rings. The summed E-state index contributed by atoms with van der Waals surface area (Å²) in [6.07, 6.45) is 0.0557. The van der Waals surface area contributed by atoms with Crippen LogP contribution in [0.2, 0.25) is 0 Å². The van der Waals surface area contributed by atoms with Gasteiger partial charge in [0.25, 0.3) is 0 Å². The maximum Gasteiger partial charge on any atom is 0.142 e. The molecular formula is C10H13NO2. The summed E-state index contributed by atoms with van der Waals surface area (Å²) in [5.74, 6) is 0.889. The van der Waals surface area contributed by atoms with E-state index in [2.05, 4.69) is 5.32 Å². The fourth-order valence-electron chi connectivity index (χ4n) is 1.28. The zero-order valence-corrected chi connectivity index (χ0v) is 7.40. The predicted octanol–water partition coefficient (Wildman–Crippen LogP) is 1.01. The maximum absolute atomic E-state index is 5.50. The summed E-state index contributed by atoms with van der Waals surface area (Å²) in [5.41, 5.74) is 0. The van der Waals surface area contributed by atoms with Crippen LogP contribution in [0.5, 0.6) is 5.75 Å². The van der Waals surface area contributed by atoms with Crippen molar-refractivity contribution in [2.75, 3.05) is 19.8 Å². The molecule has 1 saturated heterocycles. The van der Waals surface area contributed by atoms with Crippen molar-refractivity contribution < 1.29 is 9.47 Å². The predicted molar refractivity (Wildman–Crippen MR) is 49.7 cm³/mol. The second-order valence-corrected chi connectivity index (χ2v) is 2.94. The van der Waals surface area contributed by atoms with Crippen LogP contribution in [-0.2, 0) is 4.74 Å². The van der Waals surface area contributed by atoms with Gasteiger partial charge in [-0.3, -0.25) is 5.32 Å². The van der Waals surface area contributed by atoms with Gasteiger partial charge in [-0.2, -0.15) is 0 Å². The average Bonchev–Trinajstić information content (AvgIpc) is 2.69. The Kier molecular flexibility index (Phi) is 2.79. The Hall–Kier alpha value is -1.06. The molecular weight excluding hydrogens is 166 g/mol. The largest absolute Gasteiger partial charge is 0.489 e. The van der Waals surface area contributed by atoms with Crippen molar-refractivity contribution in [3.8, 4) is 5.75 Å². The number of ether oxygens (including phenoxy) is 2. The average molecular weight is 179 g/mol. The lowest BCUT2D eigenvalue weighted by molar-refractivity contribution is 0.0581. The van der Waals surface area contributed by atoms with Crippen LogP contribution >= 0.6 is 0 Å². The summed E-state index contributed by atoms with van der Waals surface area (Å²) in [4.78, 5) is 0. The highest BCUT2D eigenvalue weighted by Crippen LogP contribution is 2.09. The Labute approximate surface area is 77.7 Å². The van der Waals surface area contributed by atoms with Crippen molar-refractivity contribution in [2.45, 2.75) is 6.23 Å². The molecule has 0 bridgehead atoms. The molecule has 13 heavy (non-hydrogen) atoms. The smallest absolute Gasteiger partial charge is 0.142 e. The minimum Gasteiger partial charge on any atom is -0.489 e. The number of hydrogen-bond acceptors (Lipinski definition) is 3. The first-order valence-electron chi connectivity index (χ1n) is 4.48. The second kappa shape index (κ2) is 4.25. The zero-order valence-electron chi connectivity index (χ0n) is 7.40. The molecule has 1 aromatic rings. The quantitative estimate of drug-likeness (QED) is 0.751. The van der Waals surface area contributed by atoms with Crippen LogP contribution in [0, 0.1) is 0 Å². The summed E-state index contributed by atoms with van der Waals surface area (Å²) in [6, 6.07) is 9.76. The summed E-state index contributed by atoms with van der Waals surface area (Å²) in [5, 5.41) is 3.18. The van der Waals surface area contributed by atoms with Crippen molar-refractivity contribution in [1.29, 1.82) is 0 Å². The third-order valence-corrected chi connectivity index (χ3v) is 1.94. The molecule has 1 N–H and O–H groups in total. The van der Waals surface area contributed by atoms with E-state index in [1.165, 1.54) is 0 Å². The normalized spacial score (nSPS) is 21.7. The van der Waals surface area contributed by atoms with E-state index in [9.17, 15) is 0 Å². The van der Waals surface area contributed by atoms with Crippen molar-refractivity contribution >= 4 is 0 Å². The van der Waals surface area contributed by atoms with Gasteiger partial charge in [-0.1, -0.05) is 18.2 Å². The van der Waals surface area contributed by atoms with Gasteiger partial charge in [0, 0.05) is 6.54 Å². The Balaban J connectivity index is 1.79. The van der Waals surface area contributed by atoms with Gasteiger partial charge >= 0.3 is 0 Å². The van der Waals surface area contributed by atoms with E-state index in [0.717, 1.165) is 18.9 Å². The molecule has 1 aromatic carbocycles. The molecule has 1 atom stereocenters. The molecule has 1 unspecified atom stereocenters. The van der Waals surface area contributed by atoms with Crippen LogP contribution in [0.1, 0.15) is 0 Å². The molecule has 1 aliphatic heterocycles. The Morgan fingerprint density at radius 1 is 1.38 bits per heavy atom. The Bertz CT molecular complexity index is 244. The Morgan fingerprint density at radius 2 is 2.23 bits per heavy atom. The van der Waals surface area contributed by atoms with Crippen LogP contribution in [-0.4, -0.2) is 26.0 Å². The van der Waals surface area contributed by atoms with Crippen LogP contribution in [0.15, 0.2) is 30.3 Å². The third kappa shape index (κ3) is 2.44. The van der Waals surface area contributed by atoms with Gasteiger partial charge in [-0.25, -0.2) is 0 Å². The summed E-state index contributed by atoms with van der Waals surface area (Å²) >= 11 is 0. The lowest BCUT2D eigenvalue weighted by atomic mass is 10.3. The summed E-state index contributed by atoms with van der Waals surface area (Å²) < 4.78 is 10.8. The van der Waals surface area contributed by atoms with E-state index >= 15 is 0 Å². The highest BCUT2D eigenvalue weighted by molar-refractivity contribution is 5.20. The summed E-state index contributed by atoms with van der Waals surface area (Å²) in [6.45, 7) is 2.27. The van der Waals surface area contributed by atoms with Gasteiger partial charge < -0.3 is 9.47 Å². The van der Waals surface area contributed by atoms with Gasteiger partial charge in [0.15, 0.2) is 0 Å². The SMILES string of the molecule is c1ccc(OCC2NCCO2)cc1. The minimum absolute atomic E-state index is 0.0557. The lowest BCUT2D eigenvalue weighted by Gasteiger charge is -2.11. The molecule has 0 aromatic heterocycles. The first kappa shape index (κ1) is 8.53. The van der Waals surface area contributed by atoms with E-state index in [4.69, 9.17) is 9.47 Å². The number of nitrogens with one attached hydrogen (secondary N) is 1. The van der Waals surface area contributed by atoms with E-state index in [1.807, 2.05) is 30.3 Å². The monoisotopic (exact) mass is 179 g/mol. The zero-order chi connectivity index (χ0) is 8.93. The van der Waals surface area contributed by atoms with E-state index in [1.54, 1.807) is 0 Å². The lowest BCUT2D eigenvalue weighted by Crippen LogP contribution is -2.29. The molecule has 0 amide bonds. The van der Waals surface area contributed by atoms with Gasteiger partial charge in [0.1, 0.15) is 18.6 Å². The highest BCUT2D eigenvalue weighted by atomic mass is 16.5. The first-order chi connectivity index (χ1) is 6.45. The van der Waals surface area contributed by atoms with Crippen molar-refractivity contribution in [1.82, 2.24) is 5.32 Å². The van der Waals surface area contributed by atoms with Crippen LogP contribution in [0.4, 0.5) is 0 Å². The van der Waals surface area contributed by atoms with E-state index in [0.29, 0.717) is 6.61 Å². The van der Waals surface area contributed by atoms with E-state index < -0.39 is 0 Å². The molecule has 3 nitrogen and oxygen atoms in total. The topological polar surface area (TPSA) is 30.5 Å². The molecule has 1 heterocycles. The van der Waals surface area contributed by atoms with Gasteiger partial charge in [0.05, 0.1) is 6.61 Å². The maximum atomic E-state index is 5.50. The molecule has 0 radical (unpaired) electrons. The van der Waals surface area contributed by atoms with Crippen molar-refractivity contribution in [2.24, 2.45) is 0 Å². The molecule has 3 heteroatoms. The van der Waals surface area contributed by atoms with Gasteiger partial charge in [-0.05, 0) is 12.1 Å². The fraction of sp³-hybridized carbons (Fsp3) is 0.400. The first-order valence-corrected chi connectivity index (χ1v) is 4.48. The fourth-order valence-corrected chi connectivity index (χ4v) is 1.28. The second-order valence-electron chi connectivity index (χ2n) is 2.94. The number of benzene rings is 1. The highest BCUT2D eigenvalue weighted by Gasteiger charge is 2.14. The molecule has 1 fully saturated rings. The molecule has 0 aliphatic carbocycles. The van der Waals surface area contributed by atoms with Crippen molar-refractivity contribution in [3.05, 3.63) is 30.3 Å². The summed E-state index contributed by atoms with van der Waals surface area (Å²) in [7, 11) is 0. The Morgan fingerprint density at radius 3 is 2.92 bits per heavy atom. The van der Waals surface area contributed by atoms with Crippen molar-refractivity contribution in [3.63, 3.8) is 0 Å². The van der Waals surface area contributed by atoms with E-state index in [-0.39, 0.29) is 6.23 Å². The number of rotatable bonds is 3. The molecule has 2 rings (SSSR count). The van der Waals surface area contributed by atoms with Gasteiger partial charge in [0.2, 0.25) is 0 Å². The molecule has 0 spiro atoms. The standard InChI is InChI=1S/C10H13NO2/c1-2-4-9(5-3-1)13-8-10-11-6-7-12-10/h1-5,10-11H,6-8H2. The van der Waals surface area contributed by atoms with Gasteiger partial charge in [-0.15, -0.1) is 0 Å². The minimum atomic E-state index is 0.0557. The number of para-hydroxylation sites is 1. The third-order valence-electron chi connectivity index (χ3n) is 1.94. The molecule has 70 valence electrons. The molecule has 0 saturated carbocycles. The van der Waals surface area contributed by atoms with Crippen LogP contribution in [0.3, 0.4) is 0 Å².